The predicted molar refractivity (Wildman–Crippen MR) is 132 cm³/mol. The number of thioether (sulfide) groups is 1. The van der Waals surface area contributed by atoms with E-state index < -0.39 is 0 Å². The van der Waals surface area contributed by atoms with E-state index in [9.17, 15) is 4.79 Å². The molecule has 1 aliphatic carbocycles. The predicted octanol–water partition coefficient (Wildman–Crippen LogP) is 6.54. The van der Waals surface area contributed by atoms with Gasteiger partial charge in [0.05, 0.1) is 29.8 Å². The van der Waals surface area contributed by atoms with E-state index in [1.54, 1.807) is 26.4 Å². The number of hydrogen-bond donors (Lipinski definition) is 0. The van der Waals surface area contributed by atoms with Crippen LogP contribution in [0.4, 0.5) is 5.69 Å². The van der Waals surface area contributed by atoms with Gasteiger partial charge in [0.2, 0.25) is 0 Å². The first-order valence-corrected chi connectivity index (χ1v) is 12.0. The fraction of sp³-hybridized carbons (Fsp3) is 0.360. The molecule has 0 N–H and O–H groups in total. The van der Waals surface area contributed by atoms with Crippen LogP contribution < -0.4 is 9.47 Å². The minimum absolute atomic E-state index is 0.0192. The van der Waals surface area contributed by atoms with Crippen LogP contribution in [0.2, 0.25) is 5.02 Å². The second-order valence-corrected chi connectivity index (χ2v) is 9.49. The maximum Gasteiger partial charge on any atom is 0.267 e. The van der Waals surface area contributed by atoms with Gasteiger partial charge in [-0.15, -0.1) is 0 Å². The third-order valence-corrected chi connectivity index (χ3v) is 7.32. The molecule has 1 heterocycles. The van der Waals surface area contributed by atoms with Gasteiger partial charge in [-0.3, -0.25) is 9.69 Å². The van der Waals surface area contributed by atoms with Crippen molar-refractivity contribution in [2.24, 2.45) is 10.9 Å². The molecule has 0 bridgehead atoms. The maximum absolute atomic E-state index is 13.6. The van der Waals surface area contributed by atoms with E-state index in [0.29, 0.717) is 32.9 Å². The molecule has 0 unspecified atom stereocenters. The van der Waals surface area contributed by atoms with Crippen molar-refractivity contribution in [1.82, 2.24) is 4.90 Å². The fourth-order valence-corrected chi connectivity index (χ4v) is 5.52. The highest BCUT2D eigenvalue weighted by Crippen LogP contribution is 2.41. The van der Waals surface area contributed by atoms with Crippen molar-refractivity contribution in [3.05, 3.63) is 58.0 Å². The average Bonchev–Trinajstić information content (AvgIpc) is 3.10. The quantitative estimate of drug-likeness (QED) is 0.465. The van der Waals surface area contributed by atoms with E-state index >= 15 is 0 Å². The van der Waals surface area contributed by atoms with Crippen molar-refractivity contribution in [1.29, 1.82) is 0 Å². The molecule has 2 fully saturated rings. The standard InChI is InChI=1S/C25H27ClN2O3S/c1-16-9-7-8-12-20(16)28-24(29)23(32-25(28)27-18-10-5-4-6-11-18)14-17-13-21(30-2)22(31-3)15-19(17)26/h4-6,10-11,13-16,20H,7-9,12H2,1-3H3/b23-14-,27-25?/t16-,20+/m1/s1. The van der Waals surface area contributed by atoms with Crippen LogP contribution in [0, 0.1) is 5.92 Å². The number of hydrogen-bond acceptors (Lipinski definition) is 5. The first-order chi connectivity index (χ1) is 15.5. The number of nitrogens with zero attached hydrogens (tertiary/aromatic N) is 2. The Balaban J connectivity index is 1.75. The monoisotopic (exact) mass is 470 g/mol. The van der Waals surface area contributed by atoms with E-state index in [0.717, 1.165) is 30.1 Å². The number of aliphatic imine (C=N–C) groups is 1. The third-order valence-electron chi connectivity index (χ3n) is 6.01. The number of ether oxygens (including phenoxy) is 2. The molecule has 0 aromatic heterocycles. The van der Waals surface area contributed by atoms with Crippen LogP contribution in [0.25, 0.3) is 6.08 Å². The summed E-state index contributed by atoms with van der Waals surface area (Å²) in [5.74, 6) is 1.52. The molecule has 2 aromatic rings. The lowest BCUT2D eigenvalue weighted by molar-refractivity contribution is -0.124. The van der Waals surface area contributed by atoms with Gasteiger partial charge in [0, 0.05) is 12.1 Å². The Labute approximate surface area is 198 Å². The van der Waals surface area contributed by atoms with Crippen molar-refractivity contribution in [2.45, 2.75) is 38.6 Å². The van der Waals surface area contributed by atoms with Crippen molar-refractivity contribution in [2.75, 3.05) is 14.2 Å². The molecular weight excluding hydrogens is 444 g/mol. The summed E-state index contributed by atoms with van der Waals surface area (Å²) in [6.07, 6.45) is 6.28. The highest BCUT2D eigenvalue weighted by atomic mass is 35.5. The molecule has 2 aromatic carbocycles. The number of methoxy groups -OCH3 is 2. The number of rotatable bonds is 5. The SMILES string of the molecule is COc1cc(Cl)c(/C=C2\SC(=Nc3ccccc3)N([C@H]3CCCC[C@H]3C)C2=O)cc1OC. The number of amidine groups is 1. The molecule has 0 spiro atoms. The summed E-state index contributed by atoms with van der Waals surface area (Å²) < 4.78 is 10.7. The fourth-order valence-electron chi connectivity index (χ4n) is 4.27. The van der Waals surface area contributed by atoms with Gasteiger partial charge in [-0.2, -0.15) is 0 Å². The van der Waals surface area contributed by atoms with E-state index in [1.165, 1.54) is 18.2 Å². The molecule has 168 valence electrons. The average molecular weight is 471 g/mol. The zero-order valence-corrected chi connectivity index (χ0v) is 20.1. The Kier molecular flexibility index (Phi) is 7.11. The van der Waals surface area contributed by atoms with Crippen LogP contribution in [0.15, 0.2) is 52.4 Å². The van der Waals surface area contributed by atoms with Gasteiger partial charge < -0.3 is 9.47 Å². The first-order valence-electron chi connectivity index (χ1n) is 10.8. The summed E-state index contributed by atoms with van der Waals surface area (Å²) in [4.78, 5) is 21.0. The lowest BCUT2D eigenvalue weighted by Crippen LogP contribution is -2.44. The smallest absolute Gasteiger partial charge is 0.267 e. The van der Waals surface area contributed by atoms with Gasteiger partial charge in [0.15, 0.2) is 16.7 Å². The van der Waals surface area contributed by atoms with Crippen molar-refractivity contribution < 1.29 is 14.3 Å². The van der Waals surface area contributed by atoms with Crippen molar-refractivity contribution >= 4 is 46.2 Å². The molecule has 0 radical (unpaired) electrons. The minimum atomic E-state index is -0.0192. The highest BCUT2D eigenvalue weighted by Gasteiger charge is 2.41. The summed E-state index contributed by atoms with van der Waals surface area (Å²) in [6, 6.07) is 13.4. The second kappa shape index (κ2) is 10.0. The summed E-state index contributed by atoms with van der Waals surface area (Å²) in [6.45, 7) is 2.23. The molecule has 1 saturated carbocycles. The van der Waals surface area contributed by atoms with Crippen LogP contribution in [0.3, 0.4) is 0 Å². The second-order valence-electron chi connectivity index (χ2n) is 8.07. The first kappa shape index (κ1) is 22.7. The van der Waals surface area contributed by atoms with Gasteiger partial charge in [-0.1, -0.05) is 49.6 Å². The number of amides is 1. The number of carbonyl (C=O) groups is 1. The van der Waals surface area contributed by atoms with Crippen LogP contribution in [0.1, 0.15) is 38.2 Å². The number of benzene rings is 2. The molecule has 1 saturated heterocycles. The molecule has 5 nitrogen and oxygen atoms in total. The summed E-state index contributed by atoms with van der Waals surface area (Å²) in [5.41, 5.74) is 1.54. The molecule has 2 aliphatic rings. The minimum Gasteiger partial charge on any atom is -0.493 e. The summed E-state index contributed by atoms with van der Waals surface area (Å²) in [7, 11) is 3.15. The number of halogens is 1. The maximum atomic E-state index is 13.6. The van der Waals surface area contributed by atoms with E-state index in [2.05, 4.69) is 6.92 Å². The Morgan fingerprint density at radius 2 is 1.78 bits per heavy atom. The van der Waals surface area contributed by atoms with E-state index in [1.807, 2.05) is 41.3 Å². The lowest BCUT2D eigenvalue weighted by atomic mass is 9.85. The lowest BCUT2D eigenvalue weighted by Gasteiger charge is -2.35. The third kappa shape index (κ3) is 4.66. The van der Waals surface area contributed by atoms with Crippen LogP contribution in [-0.2, 0) is 4.79 Å². The topological polar surface area (TPSA) is 51.1 Å². The van der Waals surface area contributed by atoms with Crippen molar-refractivity contribution in [3.63, 3.8) is 0 Å². The summed E-state index contributed by atoms with van der Waals surface area (Å²) in [5, 5.41) is 1.22. The van der Waals surface area contributed by atoms with Gasteiger partial charge in [-0.25, -0.2) is 4.99 Å². The summed E-state index contributed by atoms with van der Waals surface area (Å²) >= 11 is 7.89. The molecular formula is C25H27ClN2O3S. The normalized spacial score (nSPS) is 23.8. The Bertz CT molecular complexity index is 1050. The number of carbonyl (C=O) groups excluding carboxylic acids is 1. The Hall–Kier alpha value is -2.44. The van der Waals surface area contributed by atoms with Gasteiger partial charge in [0.1, 0.15) is 0 Å². The molecule has 7 heteroatoms. The van der Waals surface area contributed by atoms with Crippen molar-refractivity contribution in [3.8, 4) is 11.5 Å². The van der Waals surface area contributed by atoms with Gasteiger partial charge in [-0.05, 0) is 60.4 Å². The van der Waals surface area contributed by atoms with Gasteiger partial charge in [0.25, 0.3) is 5.91 Å². The zero-order chi connectivity index (χ0) is 22.7. The van der Waals surface area contributed by atoms with E-state index in [4.69, 9.17) is 26.1 Å². The van der Waals surface area contributed by atoms with Crippen LogP contribution in [0.5, 0.6) is 11.5 Å². The van der Waals surface area contributed by atoms with Gasteiger partial charge >= 0.3 is 0 Å². The Morgan fingerprint density at radius 3 is 2.47 bits per heavy atom. The highest BCUT2D eigenvalue weighted by molar-refractivity contribution is 8.18. The van der Waals surface area contributed by atoms with Crippen LogP contribution >= 0.6 is 23.4 Å². The molecule has 1 amide bonds. The molecule has 4 rings (SSSR count). The largest absolute Gasteiger partial charge is 0.493 e. The van der Waals surface area contributed by atoms with E-state index in [-0.39, 0.29) is 11.9 Å². The molecule has 2 atom stereocenters. The zero-order valence-electron chi connectivity index (χ0n) is 18.5. The molecule has 32 heavy (non-hydrogen) atoms. The Morgan fingerprint density at radius 1 is 1.09 bits per heavy atom. The van der Waals surface area contributed by atoms with Crippen LogP contribution in [-0.4, -0.2) is 36.2 Å². The number of para-hydroxylation sites is 1. The molecule has 1 aliphatic heterocycles.